The van der Waals surface area contributed by atoms with Crippen LogP contribution in [-0.2, 0) is 14.3 Å². The molecule has 1 fully saturated rings. The zero-order valence-electron chi connectivity index (χ0n) is 14.8. The van der Waals surface area contributed by atoms with Crippen LogP contribution in [0.15, 0.2) is 36.9 Å². The lowest BCUT2D eigenvalue weighted by Gasteiger charge is -2.26. The molecule has 1 aromatic heterocycles. The van der Waals surface area contributed by atoms with E-state index in [-0.39, 0.29) is 30.7 Å². The fourth-order valence-electron chi connectivity index (χ4n) is 2.85. The number of amides is 2. The Bertz CT molecular complexity index is 724. The van der Waals surface area contributed by atoms with Gasteiger partial charge >= 0.3 is 0 Å². The summed E-state index contributed by atoms with van der Waals surface area (Å²) in [6, 6.07) is 7.61. The molecule has 0 radical (unpaired) electrons. The quantitative estimate of drug-likeness (QED) is 0.836. The van der Waals surface area contributed by atoms with Crippen LogP contribution in [0.2, 0.25) is 0 Å². The number of aromatic nitrogens is 3. The van der Waals surface area contributed by atoms with E-state index in [0.29, 0.717) is 26.3 Å². The van der Waals surface area contributed by atoms with E-state index in [2.05, 4.69) is 15.4 Å². The topological polar surface area (TPSA) is 89.4 Å². The van der Waals surface area contributed by atoms with Crippen molar-refractivity contribution >= 4 is 11.8 Å². The van der Waals surface area contributed by atoms with E-state index >= 15 is 0 Å². The summed E-state index contributed by atoms with van der Waals surface area (Å²) >= 11 is 0. The standard InChI is InChI=1S/C18H23N5O3/c1-14(15-2-4-16(5-3-15)23-13-19-12-20-23)21-17(24)6-7-18(25)22-8-10-26-11-9-22/h2-5,12-14H,6-11H2,1H3,(H,21,24)/t14-/m1/s1. The largest absolute Gasteiger partial charge is 0.378 e. The van der Waals surface area contributed by atoms with Crippen molar-refractivity contribution in [2.45, 2.75) is 25.8 Å². The lowest BCUT2D eigenvalue weighted by Crippen LogP contribution is -2.41. The second kappa shape index (κ2) is 8.57. The minimum atomic E-state index is -0.134. The molecule has 0 saturated carbocycles. The third kappa shape index (κ3) is 4.66. The van der Waals surface area contributed by atoms with Crippen LogP contribution in [0.4, 0.5) is 0 Å². The van der Waals surface area contributed by atoms with Gasteiger partial charge in [0.2, 0.25) is 11.8 Å². The van der Waals surface area contributed by atoms with Crippen molar-refractivity contribution in [1.29, 1.82) is 0 Å². The number of hydrogen-bond donors (Lipinski definition) is 1. The predicted molar refractivity (Wildman–Crippen MR) is 94.5 cm³/mol. The number of carbonyl (C=O) groups excluding carboxylic acids is 2. The van der Waals surface area contributed by atoms with E-state index in [1.807, 2.05) is 31.2 Å². The van der Waals surface area contributed by atoms with Crippen molar-refractivity contribution in [3.8, 4) is 5.69 Å². The molecule has 0 aliphatic carbocycles. The maximum absolute atomic E-state index is 12.1. The smallest absolute Gasteiger partial charge is 0.223 e. The van der Waals surface area contributed by atoms with Crippen molar-refractivity contribution in [3.63, 3.8) is 0 Å². The van der Waals surface area contributed by atoms with Crippen LogP contribution < -0.4 is 5.32 Å². The van der Waals surface area contributed by atoms with Crippen molar-refractivity contribution in [2.75, 3.05) is 26.3 Å². The summed E-state index contributed by atoms with van der Waals surface area (Å²) in [5, 5.41) is 7.02. The Balaban J connectivity index is 1.47. The number of carbonyl (C=O) groups is 2. The van der Waals surface area contributed by atoms with Crippen LogP contribution in [0.1, 0.15) is 31.4 Å². The highest BCUT2D eigenvalue weighted by Crippen LogP contribution is 2.15. The minimum absolute atomic E-state index is 0.00767. The predicted octanol–water partition coefficient (Wildman–Crippen LogP) is 1.08. The monoisotopic (exact) mass is 357 g/mol. The second-order valence-corrected chi connectivity index (χ2v) is 6.21. The molecule has 1 aliphatic heterocycles. The molecule has 138 valence electrons. The van der Waals surface area contributed by atoms with Gasteiger partial charge in [-0.05, 0) is 24.6 Å². The first-order chi connectivity index (χ1) is 12.6. The van der Waals surface area contributed by atoms with E-state index < -0.39 is 0 Å². The average molecular weight is 357 g/mol. The molecule has 0 unspecified atom stereocenters. The molecule has 1 N–H and O–H groups in total. The number of nitrogens with zero attached hydrogens (tertiary/aromatic N) is 4. The third-order valence-electron chi connectivity index (χ3n) is 4.38. The number of ether oxygens (including phenoxy) is 1. The SMILES string of the molecule is C[C@@H](NC(=O)CCC(=O)N1CCOCC1)c1ccc(-n2cncn2)cc1. The highest BCUT2D eigenvalue weighted by molar-refractivity contribution is 5.84. The van der Waals surface area contributed by atoms with Crippen LogP contribution in [0, 0.1) is 0 Å². The first kappa shape index (κ1) is 18.1. The van der Waals surface area contributed by atoms with Gasteiger partial charge in [0.15, 0.2) is 0 Å². The molecule has 8 heteroatoms. The van der Waals surface area contributed by atoms with Crippen molar-refractivity contribution in [1.82, 2.24) is 25.0 Å². The molecule has 1 aromatic carbocycles. The summed E-state index contributed by atoms with van der Waals surface area (Å²) in [5.41, 5.74) is 1.89. The normalized spacial score (nSPS) is 15.5. The molecule has 3 rings (SSSR count). The van der Waals surface area contributed by atoms with Crippen molar-refractivity contribution in [3.05, 3.63) is 42.5 Å². The Hall–Kier alpha value is -2.74. The van der Waals surface area contributed by atoms with Gasteiger partial charge in [0.05, 0.1) is 24.9 Å². The Morgan fingerprint density at radius 1 is 1.19 bits per heavy atom. The molecule has 1 saturated heterocycles. The van der Waals surface area contributed by atoms with Crippen LogP contribution in [0.5, 0.6) is 0 Å². The molecule has 2 heterocycles. The molecular formula is C18H23N5O3. The summed E-state index contributed by atoms with van der Waals surface area (Å²) in [5.74, 6) is -0.118. The minimum Gasteiger partial charge on any atom is -0.378 e. The second-order valence-electron chi connectivity index (χ2n) is 6.21. The fourth-order valence-corrected chi connectivity index (χ4v) is 2.85. The third-order valence-corrected chi connectivity index (χ3v) is 4.38. The van der Waals surface area contributed by atoms with Crippen LogP contribution >= 0.6 is 0 Å². The summed E-state index contributed by atoms with van der Waals surface area (Å²) in [7, 11) is 0. The van der Waals surface area contributed by atoms with Crippen molar-refractivity contribution < 1.29 is 14.3 Å². The average Bonchev–Trinajstić information content (AvgIpc) is 3.21. The van der Waals surface area contributed by atoms with Crippen LogP contribution in [-0.4, -0.2) is 57.8 Å². The van der Waals surface area contributed by atoms with E-state index in [1.54, 1.807) is 15.9 Å². The van der Waals surface area contributed by atoms with E-state index in [4.69, 9.17) is 4.74 Å². The number of rotatable bonds is 6. The van der Waals surface area contributed by atoms with Gasteiger partial charge in [0.25, 0.3) is 0 Å². The summed E-state index contributed by atoms with van der Waals surface area (Å²) in [6.07, 6.45) is 3.53. The molecule has 8 nitrogen and oxygen atoms in total. The first-order valence-electron chi connectivity index (χ1n) is 8.73. The molecule has 0 spiro atoms. The zero-order chi connectivity index (χ0) is 18.4. The maximum atomic E-state index is 12.1. The number of benzene rings is 1. The van der Waals surface area contributed by atoms with Crippen molar-refractivity contribution in [2.24, 2.45) is 0 Å². The Morgan fingerprint density at radius 2 is 1.92 bits per heavy atom. The van der Waals surface area contributed by atoms with Crippen LogP contribution in [0.3, 0.4) is 0 Å². The van der Waals surface area contributed by atoms with Gasteiger partial charge < -0.3 is 15.0 Å². The van der Waals surface area contributed by atoms with Gasteiger partial charge in [0, 0.05) is 25.9 Å². The highest BCUT2D eigenvalue weighted by Gasteiger charge is 2.18. The molecule has 2 aromatic rings. The molecule has 0 bridgehead atoms. The Kier molecular flexibility index (Phi) is 5.96. The fraction of sp³-hybridized carbons (Fsp3) is 0.444. The lowest BCUT2D eigenvalue weighted by atomic mass is 10.1. The van der Waals surface area contributed by atoms with E-state index in [0.717, 1.165) is 11.3 Å². The van der Waals surface area contributed by atoms with Gasteiger partial charge in [-0.15, -0.1) is 0 Å². The Morgan fingerprint density at radius 3 is 2.58 bits per heavy atom. The number of nitrogens with one attached hydrogen (secondary N) is 1. The van der Waals surface area contributed by atoms with E-state index in [9.17, 15) is 9.59 Å². The molecule has 26 heavy (non-hydrogen) atoms. The van der Waals surface area contributed by atoms with Gasteiger partial charge in [-0.25, -0.2) is 9.67 Å². The van der Waals surface area contributed by atoms with Gasteiger partial charge in [-0.1, -0.05) is 12.1 Å². The lowest BCUT2D eigenvalue weighted by molar-refractivity contribution is -0.137. The van der Waals surface area contributed by atoms with E-state index in [1.165, 1.54) is 6.33 Å². The summed E-state index contributed by atoms with van der Waals surface area (Å²) < 4.78 is 6.90. The van der Waals surface area contributed by atoms with Gasteiger partial charge in [-0.2, -0.15) is 5.10 Å². The summed E-state index contributed by atoms with van der Waals surface area (Å²) in [6.45, 7) is 4.27. The molecule has 1 atom stereocenters. The number of hydrogen-bond acceptors (Lipinski definition) is 5. The van der Waals surface area contributed by atoms with Crippen LogP contribution in [0.25, 0.3) is 5.69 Å². The van der Waals surface area contributed by atoms with Gasteiger partial charge in [0.1, 0.15) is 12.7 Å². The molecule has 2 amide bonds. The first-order valence-corrected chi connectivity index (χ1v) is 8.73. The molecular weight excluding hydrogens is 334 g/mol. The maximum Gasteiger partial charge on any atom is 0.223 e. The Labute approximate surface area is 152 Å². The molecule has 1 aliphatic rings. The number of morpholine rings is 1. The highest BCUT2D eigenvalue weighted by atomic mass is 16.5. The summed E-state index contributed by atoms with van der Waals surface area (Å²) in [4.78, 5) is 29.9. The zero-order valence-corrected chi connectivity index (χ0v) is 14.8. The van der Waals surface area contributed by atoms with Gasteiger partial charge in [-0.3, -0.25) is 9.59 Å².